The molecule has 3 rings (SSSR count). The number of carbonyl (C=O) groups is 1. The summed E-state index contributed by atoms with van der Waals surface area (Å²) in [4.78, 5) is 12.7. The number of ether oxygens (including phenoxy) is 2. The van der Waals surface area contributed by atoms with E-state index in [0.717, 1.165) is 36.3 Å². The molecule has 1 heterocycles. The molecule has 102 valence electrons. The van der Waals surface area contributed by atoms with Crippen molar-refractivity contribution in [1.29, 1.82) is 0 Å². The van der Waals surface area contributed by atoms with Crippen LogP contribution in [0.15, 0.2) is 12.1 Å². The number of nitrogens with one attached hydrogen (secondary N) is 1. The van der Waals surface area contributed by atoms with E-state index in [4.69, 9.17) is 9.47 Å². The fraction of sp³-hybridized carbons (Fsp3) is 0.533. The largest absolute Gasteiger partial charge is 0.486 e. The molecule has 19 heavy (non-hydrogen) atoms. The molecule has 4 heteroatoms. The van der Waals surface area contributed by atoms with Crippen molar-refractivity contribution in [3.8, 4) is 11.5 Å². The number of rotatable bonds is 4. The molecular weight excluding hydrogens is 242 g/mol. The Bertz CT molecular complexity index is 520. The molecular formula is C15H19NO3. The van der Waals surface area contributed by atoms with Crippen molar-refractivity contribution >= 4 is 5.78 Å². The van der Waals surface area contributed by atoms with E-state index in [1.165, 1.54) is 0 Å². The molecule has 0 bridgehead atoms. The Balaban J connectivity index is 1.94. The molecule has 0 amide bonds. The van der Waals surface area contributed by atoms with E-state index in [-0.39, 0.29) is 11.2 Å². The third-order valence-electron chi connectivity index (χ3n) is 3.98. The van der Waals surface area contributed by atoms with Gasteiger partial charge in [-0.1, -0.05) is 0 Å². The van der Waals surface area contributed by atoms with Gasteiger partial charge in [0.15, 0.2) is 17.3 Å². The van der Waals surface area contributed by atoms with Gasteiger partial charge in [0.1, 0.15) is 13.2 Å². The Morgan fingerprint density at radius 1 is 1.26 bits per heavy atom. The molecule has 0 unspecified atom stereocenters. The average molecular weight is 261 g/mol. The molecule has 1 saturated carbocycles. The van der Waals surface area contributed by atoms with Crippen molar-refractivity contribution in [2.45, 2.75) is 19.8 Å². The van der Waals surface area contributed by atoms with Crippen LogP contribution in [0.5, 0.6) is 11.5 Å². The van der Waals surface area contributed by atoms with Crippen molar-refractivity contribution < 1.29 is 14.3 Å². The molecule has 2 aliphatic rings. The molecule has 1 aromatic carbocycles. The van der Waals surface area contributed by atoms with Crippen molar-refractivity contribution in [3.63, 3.8) is 0 Å². The molecule has 1 aromatic rings. The minimum absolute atomic E-state index is 0.191. The minimum Gasteiger partial charge on any atom is -0.486 e. The summed E-state index contributed by atoms with van der Waals surface area (Å²) in [6.07, 6.45) is 1.95. The number of carbonyl (C=O) groups excluding carboxylic acids is 1. The predicted octanol–water partition coefficient (Wildman–Crippen LogP) is 1.95. The highest BCUT2D eigenvalue weighted by Crippen LogP contribution is 2.48. The molecule has 0 saturated heterocycles. The van der Waals surface area contributed by atoms with E-state index >= 15 is 0 Å². The van der Waals surface area contributed by atoms with Gasteiger partial charge in [0.05, 0.1) is 0 Å². The van der Waals surface area contributed by atoms with Crippen molar-refractivity contribution in [2.24, 2.45) is 5.41 Å². The van der Waals surface area contributed by atoms with Crippen LogP contribution in [-0.2, 0) is 0 Å². The first-order valence-electron chi connectivity index (χ1n) is 6.76. The lowest BCUT2D eigenvalue weighted by Gasteiger charge is -2.21. The van der Waals surface area contributed by atoms with Gasteiger partial charge in [-0.15, -0.1) is 0 Å². The van der Waals surface area contributed by atoms with E-state index in [9.17, 15) is 4.79 Å². The summed E-state index contributed by atoms with van der Waals surface area (Å²) in [7, 11) is 1.89. The van der Waals surface area contributed by atoms with Gasteiger partial charge in [-0.3, -0.25) is 4.79 Å². The number of ketones is 1. The normalized spacial score (nSPS) is 19.1. The molecule has 4 nitrogen and oxygen atoms in total. The number of aryl methyl sites for hydroxylation is 1. The molecule has 0 atom stereocenters. The lowest BCUT2D eigenvalue weighted by molar-refractivity contribution is 0.0898. The van der Waals surface area contributed by atoms with Crippen LogP contribution in [0.3, 0.4) is 0 Å². The zero-order chi connectivity index (χ0) is 13.5. The second-order valence-electron chi connectivity index (χ2n) is 5.45. The van der Waals surface area contributed by atoms with Gasteiger partial charge in [-0.25, -0.2) is 0 Å². The summed E-state index contributed by atoms with van der Waals surface area (Å²) < 4.78 is 11.1. The number of hydrogen-bond donors (Lipinski definition) is 1. The first-order chi connectivity index (χ1) is 9.16. The SMILES string of the molecule is CNCC1(C(=O)c2cc3c(cc2C)OCCO3)CC1. The van der Waals surface area contributed by atoms with E-state index in [1.807, 2.05) is 26.1 Å². The Kier molecular flexibility index (Phi) is 2.97. The van der Waals surface area contributed by atoms with Gasteiger partial charge in [0, 0.05) is 17.5 Å². The lowest BCUT2D eigenvalue weighted by Crippen LogP contribution is -2.28. The van der Waals surface area contributed by atoms with E-state index in [1.54, 1.807) is 0 Å². The highest BCUT2D eigenvalue weighted by atomic mass is 16.6. The maximum atomic E-state index is 12.7. The summed E-state index contributed by atoms with van der Waals surface area (Å²) in [5.41, 5.74) is 1.55. The zero-order valence-electron chi connectivity index (χ0n) is 11.4. The maximum absolute atomic E-state index is 12.7. The standard InChI is InChI=1S/C15H19NO3/c1-10-7-12-13(19-6-5-18-12)8-11(10)14(17)15(3-4-15)9-16-2/h7-8,16H,3-6,9H2,1-2H3. The maximum Gasteiger partial charge on any atom is 0.170 e. The fourth-order valence-electron chi connectivity index (χ4n) is 2.69. The molecule has 1 fully saturated rings. The number of benzene rings is 1. The first kappa shape index (κ1) is 12.5. The summed E-state index contributed by atoms with van der Waals surface area (Å²) in [6, 6.07) is 3.76. The van der Waals surface area contributed by atoms with Crippen LogP contribution in [0.1, 0.15) is 28.8 Å². The van der Waals surface area contributed by atoms with E-state index < -0.39 is 0 Å². The van der Waals surface area contributed by atoms with Crippen molar-refractivity contribution in [3.05, 3.63) is 23.3 Å². The van der Waals surface area contributed by atoms with Crippen LogP contribution in [0, 0.1) is 12.3 Å². The van der Waals surface area contributed by atoms with Gasteiger partial charge in [0.25, 0.3) is 0 Å². The van der Waals surface area contributed by atoms with Crippen LogP contribution < -0.4 is 14.8 Å². The highest BCUT2D eigenvalue weighted by Gasteiger charge is 2.49. The van der Waals surface area contributed by atoms with Gasteiger partial charge in [-0.05, 0) is 44.5 Å². The lowest BCUT2D eigenvalue weighted by atomic mass is 9.91. The van der Waals surface area contributed by atoms with Crippen molar-refractivity contribution in [1.82, 2.24) is 5.32 Å². The van der Waals surface area contributed by atoms with Crippen LogP contribution in [0.2, 0.25) is 0 Å². The highest BCUT2D eigenvalue weighted by molar-refractivity contribution is 6.04. The van der Waals surface area contributed by atoms with Crippen LogP contribution >= 0.6 is 0 Å². The topological polar surface area (TPSA) is 47.6 Å². The summed E-state index contributed by atoms with van der Waals surface area (Å²) in [5.74, 6) is 1.68. The quantitative estimate of drug-likeness (QED) is 0.842. The summed E-state index contributed by atoms with van der Waals surface area (Å²) >= 11 is 0. The summed E-state index contributed by atoms with van der Waals surface area (Å²) in [6.45, 7) is 3.83. The Labute approximate surface area is 113 Å². The zero-order valence-corrected chi connectivity index (χ0v) is 11.4. The Morgan fingerprint density at radius 3 is 2.47 bits per heavy atom. The van der Waals surface area contributed by atoms with Crippen molar-refractivity contribution in [2.75, 3.05) is 26.8 Å². The van der Waals surface area contributed by atoms with Gasteiger partial charge in [0.2, 0.25) is 0 Å². The molecule has 0 aromatic heterocycles. The fourth-order valence-corrected chi connectivity index (χ4v) is 2.69. The van der Waals surface area contributed by atoms with Gasteiger partial charge in [-0.2, -0.15) is 0 Å². The molecule has 1 aliphatic carbocycles. The monoisotopic (exact) mass is 261 g/mol. The van der Waals surface area contributed by atoms with Gasteiger partial charge >= 0.3 is 0 Å². The average Bonchev–Trinajstić information content (AvgIpc) is 3.18. The number of Topliss-reactive ketones (excluding diaryl/α,β-unsaturated/α-hetero) is 1. The molecule has 0 spiro atoms. The first-order valence-corrected chi connectivity index (χ1v) is 6.76. The van der Waals surface area contributed by atoms with Crippen LogP contribution in [0.25, 0.3) is 0 Å². The molecule has 0 radical (unpaired) electrons. The number of hydrogen-bond acceptors (Lipinski definition) is 4. The third-order valence-corrected chi connectivity index (χ3v) is 3.98. The summed E-state index contributed by atoms with van der Waals surface area (Å²) in [5, 5.41) is 3.13. The number of fused-ring (bicyclic) bond motifs is 1. The molecule has 1 N–H and O–H groups in total. The third kappa shape index (κ3) is 2.10. The van der Waals surface area contributed by atoms with E-state index in [2.05, 4.69) is 5.32 Å². The minimum atomic E-state index is -0.191. The second-order valence-corrected chi connectivity index (χ2v) is 5.45. The second kappa shape index (κ2) is 4.53. The van der Waals surface area contributed by atoms with E-state index in [0.29, 0.717) is 19.0 Å². The van der Waals surface area contributed by atoms with Gasteiger partial charge < -0.3 is 14.8 Å². The Morgan fingerprint density at radius 2 is 1.89 bits per heavy atom. The van der Waals surface area contributed by atoms with Crippen LogP contribution in [0.4, 0.5) is 0 Å². The smallest absolute Gasteiger partial charge is 0.170 e. The predicted molar refractivity (Wildman–Crippen MR) is 72.1 cm³/mol. The Hall–Kier alpha value is -1.55. The molecule has 1 aliphatic heterocycles. The van der Waals surface area contributed by atoms with Crippen LogP contribution in [-0.4, -0.2) is 32.6 Å².